The standard InChI is InChI=1S/C19H19N5O5S/c1-12-6-13(2)23(22-12)18-5-4-14(10-20-18)11-21-19(25)15-7-16(24(26)27)9-17(8-15)30(3,28)29/h4-10H,11H2,1-3H3,(H,21,25). The zero-order chi connectivity index (χ0) is 22.1. The van der Waals surface area contributed by atoms with Gasteiger partial charge in [0.25, 0.3) is 11.6 Å². The van der Waals surface area contributed by atoms with Gasteiger partial charge in [-0.2, -0.15) is 5.10 Å². The van der Waals surface area contributed by atoms with Gasteiger partial charge < -0.3 is 5.32 Å². The van der Waals surface area contributed by atoms with Gasteiger partial charge in [0.05, 0.1) is 15.5 Å². The Kier molecular flexibility index (Phi) is 5.65. The Morgan fingerprint density at radius 1 is 1.20 bits per heavy atom. The van der Waals surface area contributed by atoms with Crippen molar-refractivity contribution in [2.24, 2.45) is 0 Å². The molecule has 30 heavy (non-hydrogen) atoms. The van der Waals surface area contributed by atoms with Crippen molar-refractivity contribution in [1.29, 1.82) is 0 Å². The van der Waals surface area contributed by atoms with E-state index in [1.807, 2.05) is 19.9 Å². The number of aryl methyl sites for hydroxylation is 2. The maximum atomic E-state index is 12.4. The molecule has 11 heteroatoms. The van der Waals surface area contributed by atoms with Gasteiger partial charge >= 0.3 is 0 Å². The second-order valence-electron chi connectivity index (χ2n) is 6.79. The molecule has 0 radical (unpaired) electrons. The van der Waals surface area contributed by atoms with E-state index in [1.165, 1.54) is 0 Å². The molecule has 0 fully saturated rings. The minimum absolute atomic E-state index is 0.111. The largest absolute Gasteiger partial charge is 0.348 e. The molecule has 0 unspecified atom stereocenters. The monoisotopic (exact) mass is 429 g/mol. The van der Waals surface area contributed by atoms with Gasteiger partial charge in [-0.15, -0.1) is 0 Å². The number of rotatable bonds is 6. The van der Waals surface area contributed by atoms with Crippen LogP contribution < -0.4 is 5.32 Å². The number of nitrogens with one attached hydrogen (secondary N) is 1. The Labute approximate surface area is 172 Å². The van der Waals surface area contributed by atoms with Crippen molar-refractivity contribution in [3.8, 4) is 5.82 Å². The minimum atomic E-state index is -3.72. The van der Waals surface area contributed by atoms with Crippen LogP contribution in [-0.4, -0.2) is 40.3 Å². The van der Waals surface area contributed by atoms with E-state index in [9.17, 15) is 23.3 Å². The normalized spacial score (nSPS) is 11.3. The van der Waals surface area contributed by atoms with E-state index in [0.29, 0.717) is 11.4 Å². The molecular formula is C19H19N5O5S. The molecule has 10 nitrogen and oxygen atoms in total. The number of pyridine rings is 1. The number of nitrogens with zero attached hydrogens (tertiary/aromatic N) is 4. The fourth-order valence-electron chi connectivity index (χ4n) is 2.83. The summed E-state index contributed by atoms with van der Waals surface area (Å²) in [5, 5.41) is 18.0. The van der Waals surface area contributed by atoms with Crippen LogP contribution >= 0.6 is 0 Å². The predicted molar refractivity (Wildman–Crippen MR) is 108 cm³/mol. The summed E-state index contributed by atoms with van der Waals surface area (Å²) in [6.45, 7) is 3.91. The molecule has 0 saturated carbocycles. The maximum Gasteiger partial charge on any atom is 0.271 e. The molecule has 3 rings (SSSR count). The molecule has 0 aliphatic heterocycles. The van der Waals surface area contributed by atoms with Crippen LogP contribution in [0.1, 0.15) is 27.3 Å². The highest BCUT2D eigenvalue weighted by Gasteiger charge is 2.19. The first kappa shape index (κ1) is 21.1. The van der Waals surface area contributed by atoms with Crippen molar-refractivity contribution in [1.82, 2.24) is 20.1 Å². The van der Waals surface area contributed by atoms with Crippen LogP contribution in [0.4, 0.5) is 5.69 Å². The first-order valence-electron chi connectivity index (χ1n) is 8.81. The lowest BCUT2D eigenvalue weighted by Gasteiger charge is -2.08. The molecule has 0 spiro atoms. The summed E-state index contributed by atoms with van der Waals surface area (Å²) in [4.78, 5) is 26.8. The van der Waals surface area contributed by atoms with Crippen molar-refractivity contribution >= 4 is 21.4 Å². The molecule has 0 aliphatic rings. The van der Waals surface area contributed by atoms with E-state index in [-0.39, 0.29) is 17.0 Å². The molecule has 2 aromatic heterocycles. The number of hydrogen-bond acceptors (Lipinski definition) is 7. The molecule has 3 aromatic rings. The van der Waals surface area contributed by atoms with Crippen LogP contribution in [0, 0.1) is 24.0 Å². The first-order chi connectivity index (χ1) is 14.0. The zero-order valence-corrected chi connectivity index (χ0v) is 17.3. The second-order valence-corrected chi connectivity index (χ2v) is 8.81. The maximum absolute atomic E-state index is 12.4. The topological polar surface area (TPSA) is 137 Å². The van der Waals surface area contributed by atoms with Gasteiger partial charge in [-0.3, -0.25) is 14.9 Å². The highest BCUT2D eigenvalue weighted by atomic mass is 32.2. The zero-order valence-electron chi connectivity index (χ0n) is 16.5. The average Bonchev–Trinajstić information content (AvgIpc) is 3.03. The Hall–Kier alpha value is -3.60. The van der Waals surface area contributed by atoms with Gasteiger partial charge in [0.2, 0.25) is 0 Å². The highest BCUT2D eigenvalue weighted by Crippen LogP contribution is 2.21. The Morgan fingerprint density at radius 2 is 1.93 bits per heavy atom. The van der Waals surface area contributed by atoms with E-state index in [4.69, 9.17) is 0 Å². The fourth-order valence-corrected chi connectivity index (χ4v) is 3.50. The van der Waals surface area contributed by atoms with Gasteiger partial charge in [0.1, 0.15) is 0 Å². The van der Waals surface area contributed by atoms with Gasteiger partial charge in [-0.1, -0.05) is 6.07 Å². The third kappa shape index (κ3) is 4.69. The Bertz CT molecular complexity index is 1230. The SMILES string of the molecule is Cc1cc(C)n(-c2ccc(CNC(=O)c3cc([N+](=O)[O-])cc(S(C)(=O)=O)c3)cn2)n1. The molecule has 0 aliphatic carbocycles. The van der Waals surface area contributed by atoms with Crippen molar-refractivity contribution in [2.75, 3.05) is 6.26 Å². The van der Waals surface area contributed by atoms with Gasteiger partial charge in [-0.25, -0.2) is 18.1 Å². The lowest BCUT2D eigenvalue weighted by atomic mass is 10.2. The number of hydrogen-bond donors (Lipinski definition) is 1. The van der Waals surface area contributed by atoms with Gasteiger partial charge in [0, 0.05) is 42.4 Å². The molecular weight excluding hydrogens is 410 g/mol. The van der Waals surface area contributed by atoms with E-state index in [1.54, 1.807) is 23.0 Å². The third-order valence-electron chi connectivity index (χ3n) is 4.28. The van der Waals surface area contributed by atoms with E-state index in [2.05, 4.69) is 15.4 Å². The number of benzene rings is 1. The van der Waals surface area contributed by atoms with Crippen LogP contribution in [0.3, 0.4) is 0 Å². The summed E-state index contributed by atoms with van der Waals surface area (Å²) in [6.07, 6.45) is 2.51. The smallest absolute Gasteiger partial charge is 0.271 e. The van der Waals surface area contributed by atoms with Crippen LogP contribution in [0.2, 0.25) is 0 Å². The number of amides is 1. The summed E-state index contributed by atoms with van der Waals surface area (Å²) in [6, 6.07) is 8.54. The summed E-state index contributed by atoms with van der Waals surface area (Å²) in [5.41, 5.74) is 1.92. The van der Waals surface area contributed by atoms with Crippen molar-refractivity contribution in [3.05, 3.63) is 75.2 Å². The van der Waals surface area contributed by atoms with Crippen LogP contribution in [0.5, 0.6) is 0 Å². The number of aromatic nitrogens is 3. The van der Waals surface area contributed by atoms with Crippen LogP contribution in [0.15, 0.2) is 47.5 Å². The van der Waals surface area contributed by atoms with Gasteiger partial charge in [0.15, 0.2) is 15.7 Å². The molecule has 1 amide bonds. The number of carbonyl (C=O) groups is 1. The number of carbonyl (C=O) groups excluding carboxylic acids is 1. The van der Waals surface area contributed by atoms with E-state index in [0.717, 1.165) is 35.8 Å². The first-order valence-corrected chi connectivity index (χ1v) is 10.7. The van der Waals surface area contributed by atoms with Crippen molar-refractivity contribution in [3.63, 3.8) is 0 Å². The average molecular weight is 429 g/mol. The lowest BCUT2D eigenvalue weighted by Crippen LogP contribution is -2.23. The molecule has 1 aromatic carbocycles. The fraction of sp³-hybridized carbons (Fsp3) is 0.211. The molecule has 0 atom stereocenters. The number of non-ortho nitro benzene ring substituents is 1. The Morgan fingerprint density at radius 3 is 2.47 bits per heavy atom. The number of sulfone groups is 1. The highest BCUT2D eigenvalue weighted by molar-refractivity contribution is 7.90. The van der Waals surface area contributed by atoms with Crippen LogP contribution in [0.25, 0.3) is 5.82 Å². The molecule has 0 bridgehead atoms. The summed E-state index contributed by atoms with van der Waals surface area (Å²) >= 11 is 0. The lowest BCUT2D eigenvalue weighted by molar-refractivity contribution is -0.385. The summed E-state index contributed by atoms with van der Waals surface area (Å²) in [5.74, 6) is -0.00150. The minimum Gasteiger partial charge on any atom is -0.348 e. The van der Waals surface area contributed by atoms with Crippen molar-refractivity contribution < 1.29 is 18.1 Å². The third-order valence-corrected chi connectivity index (χ3v) is 5.37. The van der Waals surface area contributed by atoms with Crippen molar-refractivity contribution in [2.45, 2.75) is 25.3 Å². The quantitative estimate of drug-likeness (QED) is 0.468. The molecule has 156 valence electrons. The van der Waals surface area contributed by atoms with Gasteiger partial charge in [-0.05, 0) is 37.6 Å². The number of nitro groups is 1. The van der Waals surface area contributed by atoms with E-state index < -0.39 is 26.4 Å². The summed E-state index contributed by atoms with van der Waals surface area (Å²) < 4.78 is 25.2. The number of nitro benzene ring substituents is 1. The molecule has 0 saturated heterocycles. The predicted octanol–water partition coefficient (Wildman–Crippen LogP) is 2.13. The van der Waals surface area contributed by atoms with Crippen LogP contribution in [-0.2, 0) is 16.4 Å². The Balaban J connectivity index is 1.76. The second kappa shape index (κ2) is 8.03. The summed E-state index contributed by atoms with van der Waals surface area (Å²) in [7, 11) is -3.72. The van der Waals surface area contributed by atoms with E-state index >= 15 is 0 Å². The molecule has 2 heterocycles. The molecule has 1 N–H and O–H groups in total.